The van der Waals surface area contributed by atoms with E-state index in [-0.39, 0.29) is 29.4 Å². The first kappa shape index (κ1) is 25.1. The molecule has 1 amide bonds. The third-order valence-electron chi connectivity index (χ3n) is 5.70. The summed E-state index contributed by atoms with van der Waals surface area (Å²) in [5, 5.41) is 21.2. The second-order valence-electron chi connectivity index (χ2n) is 8.00. The maximum absolute atomic E-state index is 13.1. The lowest BCUT2D eigenvalue weighted by atomic mass is 9.95. The number of phenols is 1. The lowest BCUT2D eigenvalue weighted by Crippen LogP contribution is -2.31. The molecule has 1 atom stereocenters. The van der Waals surface area contributed by atoms with Crippen molar-refractivity contribution in [2.75, 3.05) is 34.0 Å². The lowest BCUT2D eigenvalue weighted by molar-refractivity contribution is -0.140. The number of aliphatic hydroxyl groups is 1. The van der Waals surface area contributed by atoms with Crippen molar-refractivity contribution in [3.8, 4) is 17.2 Å². The zero-order valence-electron chi connectivity index (χ0n) is 19.7. The monoisotopic (exact) mass is 469 g/mol. The summed E-state index contributed by atoms with van der Waals surface area (Å²) >= 11 is 0. The summed E-state index contributed by atoms with van der Waals surface area (Å²) < 4.78 is 16.0. The van der Waals surface area contributed by atoms with Crippen LogP contribution < -0.4 is 9.47 Å². The van der Waals surface area contributed by atoms with Gasteiger partial charge in [0.2, 0.25) is 0 Å². The molecular weight excluding hydrogens is 438 g/mol. The van der Waals surface area contributed by atoms with Crippen LogP contribution >= 0.6 is 0 Å². The number of hydrogen-bond donors (Lipinski definition) is 2. The number of likely N-dealkylation sites (tertiary alicyclic amines) is 1. The molecule has 1 heterocycles. The van der Waals surface area contributed by atoms with Crippen LogP contribution in [0.3, 0.4) is 0 Å². The average Bonchev–Trinajstić information content (AvgIpc) is 3.10. The number of ether oxygens (including phenoxy) is 3. The van der Waals surface area contributed by atoms with Crippen LogP contribution in [0, 0.1) is 0 Å². The highest BCUT2D eigenvalue weighted by atomic mass is 16.5. The number of unbranched alkanes of at least 4 members (excludes halogenated alkanes) is 1. The Morgan fingerprint density at radius 3 is 2.41 bits per heavy atom. The molecule has 0 radical (unpaired) electrons. The molecule has 0 aliphatic carbocycles. The van der Waals surface area contributed by atoms with E-state index in [0.717, 1.165) is 12.8 Å². The minimum absolute atomic E-state index is 0.0187. The Balaban J connectivity index is 2.03. The number of rotatable bonds is 11. The summed E-state index contributed by atoms with van der Waals surface area (Å²) in [7, 11) is 2.98. The molecule has 0 spiro atoms. The largest absolute Gasteiger partial charge is 0.507 e. The Kier molecular flexibility index (Phi) is 8.54. The van der Waals surface area contributed by atoms with Crippen LogP contribution in [-0.2, 0) is 14.3 Å². The molecule has 2 aromatic rings. The van der Waals surface area contributed by atoms with Gasteiger partial charge < -0.3 is 29.3 Å². The molecule has 1 aliphatic heterocycles. The number of amides is 1. The van der Waals surface area contributed by atoms with E-state index < -0.39 is 17.7 Å². The molecule has 2 N–H and O–H groups in total. The maximum atomic E-state index is 13.1. The smallest absolute Gasteiger partial charge is 0.295 e. The predicted molar refractivity (Wildman–Crippen MR) is 127 cm³/mol. The van der Waals surface area contributed by atoms with Gasteiger partial charge in [-0.15, -0.1) is 0 Å². The van der Waals surface area contributed by atoms with Crippen molar-refractivity contribution < 1.29 is 34.0 Å². The number of aliphatic hydroxyl groups excluding tert-OH is 1. The Morgan fingerprint density at radius 2 is 1.76 bits per heavy atom. The van der Waals surface area contributed by atoms with E-state index in [4.69, 9.17) is 14.2 Å². The van der Waals surface area contributed by atoms with Crippen molar-refractivity contribution in [3.63, 3.8) is 0 Å². The van der Waals surface area contributed by atoms with E-state index in [2.05, 4.69) is 6.92 Å². The average molecular weight is 470 g/mol. The van der Waals surface area contributed by atoms with Crippen LogP contribution in [0.2, 0.25) is 0 Å². The summed E-state index contributed by atoms with van der Waals surface area (Å²) in [5.41, 5.74) is 0.913. The van der Waals surface area contributed by atoms with Crippen molar-refractivity contribution >= 4 is 17.4 Å². The predicted octanol–water partition coefficient (Wildman–Crippen LogP) is 4.04. The van der Waals surface area contributed by atoms with Crippen LogP contribution in [0.25, 0.3) is 5.76 Å². The van der Waals surface area contributed by atoms with E-state index in [9.17, 15) is 19.8 Å². The molecule has 0 aromatic heterocycles. The molecule has 34 heavy (non-hydrogen) atoms. The van der Waals surface area contributed by atoms with Gasteiger partial charge in [0, 0.05) is 25.8 Å². The van der Waals surface area contributed by atoms with Gasteiger partial charge in [0.15, 0.2) is 11.5 Å². The fourth-order valence-corrected chi connectivity index (χ4v) is 3.90. The molecule has 1 unspecified atom stereocenters. The van der Waals surface area contributed by atoms with E-state index in [1.165, 1.54) is 18.1 Å². The number of carbonyl (C=O) groups is 2. The minimum atomic E-state index is -0.841. The first-order valence-electron chi connectivity index (χ1n) is 11.3. The highest BCUT2D eigenvalue weighted by molar-refractivity contribution is 6.46. The molecule has 3 rings (SSSR count). The number of phenolic OH excluding ortho intramolecular Hbond substituents is 1. The first-order chi connectivity index (χ1) is 16.4. The van der Waals surface area contributed by atoms with Gasteiger partial charge in [0.05, 0.1) is 25.3 Å². The van der Waals surface area contributed by atoms with Gasteiger partial charge in [-0.05, 0) is 54.8 Å². The van der Waals surface area contributed by atoms with Crippen molar-refractivity contribution in [1.29, 1.82) is 0 Å². The fraction of sp³-hybridized carbons (Fsp3) is 0.385. The van der Waals surface area contributed by atoms with E-state index in [1.54, 1.807) is 43.5 Å². The normalized spacial score (nSPS) is 17.3. The SMILES string of the molecule is CCCCOc1ccc(C(O)=C2C(=O)C(=O)N(CCCOC)C2c2ccc(O)c(OC)c2)cc1. The molecule has 182 valence electrons. The second-order valence-corrected chi connectivity index (χ2v) is 8.00. The maximum Gasteiger partial charge on any atom is 0.295 e. The Morgan fingerprint density at radius 1 is 1.03 bits per heavy atom. The van der Waals surface area contributed by atoms with Crippen LogP contribution in [-0.4, -0.2) is 60.8 Å². The zero-order valence-corrected chi connectivity index (χ0v) is 19.7. The quantitative estimate of drug-likeness (QED) is 0.221. The number of hydrogen-bond acceptors (Lipinski definition) is 7. The third kappa shape index (κ3) is 5.34. The first-order valence-corrected chi connectivity index (χ1v) is 11.3. The van der Waals surface area contributed by atoms with Crippen LogP contribution in [0.15, 0.2) is 48.0 Å². The molecule has 1 aliphatic rings. The Labute approximate surface area is 199 Å². The second kappa shape index (κ2) is 11.6. The zero-order chi connectivity index (χ0) is 24.7. The van der Waals surface area contributed by atoms with E-state index in [0.29, 0.717) is 36.5 Å². The van der Waals surface area contributed by atoms with Crippen LogP contribution in [0.1, 0.15) is 43.4 Å². The number of nitrogens with zero attached hydrogens (tertiary/aromatic N) is 1. The number of ketones is 1. The van der Waals surface area contributed by atoms with Crippen molar-refractivity contribution in [2.45, 2.75) is 32.2 Å². The summed E-state index contributed by atoms with van der Waals surface area (Å²) in [4.78, 5) is 27.4. The number of aromatic hydroxyl groups is 1. The molecular formula is C26H31NO7. The molecule has 8 nitrogen and oxygen atoms in total. The van der Waals surface area contributed by atoms with Gasteiger partial charge in [-0.25, -0.2) is 0 Å². The summed E-state index contributed by atoms with van der Waals surface area (Å²) in [6, 6.07) is 10.5. The topological polar surface area (TPSA) is 106 Å². The van der Waals surface area contributed by atoms with Gasteiger partial charge in [0.25, 0.3) is 11.7 Å². The van der Waals surface area contributed by atoms with Crippen molar-refractivity contribution in [2.24, 2.45) is 0 Å². The number of methoxy groups -OCH3 is 2. The molecule has 0 bridgehead atoms. The minimum Gasteiger partial charge on any atom is -0.507 e. The summed E-state index contributed by atoms with van der Waals surface area (Å²) in [5.74, 6) is -0.950. The van der Waals surface area contributed by atoms with Gasteiger partial charge in [-0.2, -0.15) is 0 Å². The van der Waals surface area contributed by atoms with E-state index in [1.807, 2.05) is 0 Å². The van der Waals surface area contributed by atoms with Crippen molar-refractivity contribution in [1.82, 2.24) is 4.90 Å². The Bertz CT molecular complexity index is 1050. The van der Waals surface area contributed by atoms with Gasteiger partial charge in [-0.1, -0.05) is 19.4 Å². The Hall–Kier alpha value is -3.52. The summed E-state index contributed by atoms with van der Waals surface area (Å²) in [6.45, 7) is 3.34. The van der Waals surface area contributed by atoms with Gasteiger partial charge >= 0.3 is 0 Å². The molecule has 1 saturated heterocycles. The van der Waals surface area contributed by atoms with Gasteiger partial charge in [-0.3, -0.25) is 9.59 Å². The van der Waals surface area contributed by atoms with E-state index >= 15 is 0 Å². The standard InChI is InChI=1S/C26H31NO7/c1-4-5-15-34-19-10-7-17(8-11-19)24(29)22-23(18-9-12-20(28)21(16-18)33-3)27(13-6-14-32-2)26(31)25(22)30/h7-12,16,23,28-29H,4-6,13-15H2,1-3H3. The third-order valence-corrected chi connectivity index (χ3v) is 5.70. The van der Waals surface area contributed by atoms with Crippen molar-refractivity contribution in [3.05, 3.63) is 59.2 Å². The summed E-state index contributed by atoms with van der Waals surface area (Å²) in [6.07, 6.45) is 2.47. The number of carbonyl (C=O) groups excluding carboxylic acids is 2. The molecule has 1 fully saturated rings. The number of benzene rings is 2. The lowest BCUT2D eigenvalue weighted by Gasteiger charge is -2.25. The van der Waals surface area contributed by atoms with Crippen LogP contribution in [0.5, 0.6) is 17.2 Å². The molecule has 2 aromatic carbocycles. The fourth-order valence-electron chi connectivity index (χ4n) is 3.90. The van der Waals surface area contributed by atoms with Crippen LogP contribution in [0.4, 0.5) is 0 Å². The number of Topliss-reactive ketones (excluding diaryl/α,β-unsaturated/α-hetero) is 1. The highest BCUT2D eigenvalue weighted by Gasteiger charge is 2.46. The molecule has 0 saturated carbocycles. The molecule has 8 heteroatoms. The highest BCUT2D eigenvalue weighted by Crippen LogP contribution is 2.41. The van der Waals surface area contributed by atoms with Gasteiger partial charge in [0.1, 0.15) is 11.5 Å².